The van der Waals surface area contributed by atoms with E-state index in [1.807, 2.05) is 27.7 Å². The van der Waals surface area contributed by atoms with E-state index in [0.717, 1.165) is 5.69 Å². The Bertz CT molecular complexity index is 1840. The number of ether oxygens (including phenoxy) is 1. The third-order valence-electron chi connectivity index (χ3n) is 7.31. The van der Waals surface area contributed by atoms with E-state index in [4.69, 9.17) is 14.6 Å². The lowest BCUT2D eigenvalue weighted by atomic mass is 10.00. The summed E-state index contributed by atoms with van der Waals surface area (Å²) >= 11 is 0. The monoisotopic (exact) mass is 594 g/mol. The van der Waals surface area contributed by atoms with Crippen LogP contribution in [0.15, 0.2) is 58.5 Å². The van der Waals surface area contributed by atoms with Crippen LogP contribution in [0.5, 0.6) is 0 Å². The quantitative estimate of drug-likeness (QED) is 0.337. The molecule has 0 spiro atoms. The van der Waals surface area contributed by atoms with Crippen LogP contribution in [0, 0.1) is 24.4 Å². The summed E-state index contributed by atoms with van der Waals surface area (Å²) in [6.07, 6.45) is 4.57. The van der Waals surface area contributed by atoms with Gasteiger partial charge in [-0.1, -0.05) is 0 Å². The number of imidazole rings is 1. The van der Waals surface area contributed by atoms with Crippen molar-refractivity contribution in [1.29, 1.82) is 4.78 Å². The fourth-order valence-electron chi connectivity index (χ4n) is 5.28. The summed E-state index contributed by atoms with van der Waals surface area (Å²) in [4.78, 5) is 29.1. The van der Waals surface area contributed by atoms with Gasteiger partial charge in [-0.2, -0.15) is 5.10 Å². The zero-order chi connectivity index (χ0) is 30.7. The number of hydrogen-bond acceptors (Lipinski definition) is 6. The lowest BCUT2D eigenvalue weighted by Crippen LogP contribution is -2.42. The van der Waals surface area contributed by atoms with Crippen molar-refractivity contribution in [1.82, 2.24) is 23.8 Å². The molecular formula is C30H35FN6O4S. The average Bonchev–Trinajstić information content (AvgIpc) is 3.46. The second-order valence-corrected chi connectivity index (χ2v) is 13.9. The molecule has 222 valence electrons. The number of carbonyl (C=O) groups excluding carboxylic acids is 1. The SMILES string of the molecule is Cc1cc(-n2nc3c(c2-n2ccn(-c4ccc(S(C)(=N)=O)cc4)c2=O)[C@H](C)N(C(=O)OC(C)(C)C)CC3)cc(C)c1F. The highest BCUT2D eigenvalue weighted by Gasteiger charge is 2.37. The normalized spacial score (nSPS) is 16.7. The minimum atomic E-state index is -2.90. The molecule has 0 saturated heterocycles. The maximum absolute atomic E-state index is 14.6. The third kappa shape index (κ3) is 5.26. The third-order valence-corrected chi connectivity index (χ3v) is 8.48. The van der Waals surface area contributed by atoms with Gasteiger partial charge in [-0.25, -0.2) is 27.6 Å². The van der Waals surface area contributed by atoms with E-state index < -0.39 is 33.2 Å². The molecule has 5 rings (SSSR count). The van der Waals surface area contributed by atoms with E-state index in [1.165, 1.54) is 15.4 Å². The number of rotatable bonds is 4. The molecule has 2 aromatic heterocycles. The summed E-state index contributed by atoms with van der Waals surface area (Å²) in [6.45, 7) is 11.1. The smallest absolute Gasteiger partial charge is 0.410 e. The van der Waals surface area contributed by atoms with Crippen molar-refractivity contribution >= 4 is 15.8 Å². The number of nitrogens with one attached hydrogen (secondary N) is 1. The topological polar surface area (TPSA) is 115 Å². The first-order chi connectivity index (χ1) is 19.6. The lowest BCUT2D eigenvalue weighted by Gasteiger charge is -2.34. The Morgan fingerprint density at radius 3 is 2.24 bits per heavy atom. The van der Waals surface area contributed by atoms with E-state index >= 15 is 0 Å². The Hall–Kier alpha value is -4.19. The van der Waals surface area contributed by atoms with Crippen molar-refractivity contribution in [2.24, 2.45) is 0 Å². The van der Waals surface area contributed by atoms with Gasteiger partial charge in [-0.3, -0.25) is 9.13 Å². The molecule has 10 nitrogen and oxygen atoms in total. The number of hydrogen-bond donors (Lipinski definition) is 1. The van der Waals surface area contributed by atoms with Crippen LogP contribution in [0.4, 0.5) is 9.18 Å². The number of nitrogens with zero attached hydrogens (tertiary/aromatic N) is 5. The molecular weight excluding hydrogens is 559 g/mol. The molecule has 0 radical (unpaired) electrons. The molecule has 2 atom stereocenters. The first-order valence-electron chi connectivity index (χ1n) is 13.6. The maximum Gasteiger partial charge on any atom is 0.410 e. The van der Waals surface area contributed by atoms with Gasteiger partial charge < -0.3 is 9.64 Å². The highest BCUT2D eigenvalue weighted by atomic mass is 32.2. The molecule has 42 heavy (non-hydrogen) atoms. The Morgan fingerprint density at radius 1 is 1.07 bits per heavy atom. The van der Waals surface area contributed by atoms with Crippen molar-refractivity contribution in [2.75, 3.05) is 12.8 Å². The zero-order valence-corrected chi connectivity index (χ0v) is 25.6. The summed E-state index contributed by atoms with van der Waals surface area (Å²) < 4.78 is 44.8. The van der Waals surface area contributed by atoms with Crippen LogP contribution in [0.1, 0.15) is 56.1 Å². The number of amides is 1. The van der Waals surface area contributed by atoms with Crippen LogP contribution in [0.2, 0.25) is 0 Å². The van der Waals surface area contributed by atoms with Gasteiger partial charge >= 0.3 is 11.8 Å². The number of benzene rings is 2. The fraction of sp³-hybridized carbons (Fsp3) is 0.367. The summed E-state index contributed by atoms with van der Waals surface area (Å²) in [6, 6.07) is 9.33. The molecule has 12 heteroatoms. The van der Waals surface area contributed by atoms with Crippen molar-refractivity contribution in [3.63, 3.8) is 0 Å². The summed E-state index contributed by atoms with van der Waals surface area (Å²) in [5.41, 5.74) is 2.36. The van der Waals surface area contributed by atoms with E-state index in [2.05, 4.69) is 0 Å². The minimum absolute atomic E-state index is 0.308. The van der Waals surface area contributed by atoms with E-state index in [1.54, 1.807) is 72.2 Å². The number of carbonyl (C=O) groups is 1. The van der Waals surface area contributed by atoms with Gasteiger partial charge in [-0.05, 0) is 89.1 Å². The molecule has 2 aromatic carbocycles. The van der Waals surface area contributed by atoms with E-state index in [9.17, 15) is 18.2 Å². The number of aromatic nitrogens is 4. The Kier molecular flexibility index (Phi) is 7.16. The Labute approximate surface area is 244 Å². The Morgan fingerprint density at radius 2 is 1.67 bits per heavy atom. The van der Waals surface area contributed by atoms with E-state index in [-0.39, 0.29) is 5.82 Å². The van der Waals surface area contributed by atoms with Crippen LogP contribution >= 0.6 is 0 Å². The molecule has 0 bridgehead atoms. The van der Waals surface area contributed by atoms with Gasteiger partial charge in [0.15, 0.2) is 0 Å². The molecule has 1 N–H and O–H groups in total. The van der Waals surface area contributed by atoms with E-state index in [0.29, 0.717) is 51.7 Å². The molecule has 1 aliphatic rings. The van der Waals surface area contributed by atoms with Crippen LogP contribution < -0.4 is 5.69 Å². The molecule has 0 saturated carbocycles. The molecule has 4 aromatic rings. The van der Waals surface area contributed by atoms with Crippen molar-refractivity contribution in [3.05, 3.63) is 87.5 Å². The molecule has 1 aliphatic heterocycles. The van der Waals surface area contributed by atoms with Gasteiger partial charge in [0, 0.05) is 42.1 Å². The molecule has 0 fully saturated rings. The second-order valence-electron chi connectivity index (χ2n) is 11.7. The van der Waals surface area contributed by atoms with Crippen molar-refractivity contribution < 1.29 is 18.1 Å². The van der Waals surface area contributed by atoms with Gasteiger partial charge in [0.25, 0.3) is 0 Å². The van der Waals surface area contributed by atoms with Gasteiger partial charge in [0.1, 0.15) is 17.2 Å². The maximum atomic E-state index is 14.6. The summed E-state index contributed by atoms with van der Waals surface area (Å²) in [5.74, 6) is 0.136. The average molecular weight is 595 g/mol. The predicted octanol–water partition coefficient (Wildman–Crippen LogP) is 5.46. The first kappa shape index (κ1) is 29.3. The van der Waals surface area contributed by atoms with Crippen molar-refractivity contribution in [2.45, 2.75) is 64.5 Å². The molecule has 1 amide bonds. The van der Waals surface area contributed by atoms with Gasteiger partial charge in [-0.15, -0.1) is 0 Å². The predicted molar refractivity (Wildman–Crippen MR) is 158 cm³/mol. The molecule has 0 aliphatic carbocycles. The number of fused-ring (bicyclic) bond motifs is 1. The van der Waals surface area contributed by atoms with Crippen LogP contribution in [0.3, 0.4) is 0 Å². The lowest BCUT2D eigenvalue weighted by molar-refractivity contribution is 0.0159. The Balaban J connectivity index is 1.69. The molecule has 1 unspecified atom stereocenters. The first-order valence-corrected chi connectivity index (χ1v) is 15.6. The van der Waals surface area contributed by atoms with Crippen LogP contribution in [-0.2, 0) is 20.9 Å². The molecule has 3 heterocycles. The zero-order valence-electron chi connectivity index (χ0n) is 24.8. The van der Waals surface area contributed by atoms with Gasteiger partial charge in [0.05, 0.1) is 32.8 Å². The summed E-state index contributed by atoms with van der Waals surface area (Å²) in [7, 11) is -2.90. The number of aryl methyl sites for hydroxylation is 2. The second kappa shape index (κ2) is 10.3. The minimum Gasteiger partial charge on any atom is -0.444 e. The van der Waals surface area contributed by atoms with Crippen LogP contribution in [-0.4, -0.2) is 52.5 Å². The van der Waals surface area contributed by atoms with Crippen LogP contribution in [0.25, 0.3) is 17.2 Å². The largest absolute Gasteiger partial charge is 0.444 e. The summed E-state index contributed by atoms with van der Waals surface area (Å²) in [5, 5.41) is 4.88. The van der Waals surface area contributed by atoms with Gasteiger partial charge in [0.2, 0.25) is 0 Å². The van der Waals surface area contributed by atoms with Crippen molar-refractivity contribution in [3.8, 4) is 17.2 Å². The highest BCUT2D eigenvalue weighted by Crippen LogP contribution is 2.36. The standard InChI is InChI=1S/C30H35FN6O4S/c1-18-16-22(17-19(2)26(18)31)37-27(25-20(3)34(13-12-24(25)33-37)29(39)41-30(4,5)6)36-15-14-35(28(36)38)21-8-10-23(11-9-21)42(7,32)40/h8-11,14-17,20,32H,12-13H2,1-7H3/t20-,42?/m0/s1. The highest BCUT2D eigenvalue weighted by molar-refractivity contribution is 7.91. The number of halogens is 1. The fourth-order valence-corrected chi connectivity index (χ4v) is 5.94.